The summed E-state index contributed by atoms with van der Waals surface area (Å²) in [7, 11) is 1.80. The van der Waals surface area contributed by atoms with Crippen molar-refractivity contribution in [3.05, 3.63) is 52.5 Å². The van der Waals surface area contributed by atoms with E-state index in [4.69, 9.17) is 5.10 Å². The second kappa shape index (κ2) is 6.12. The number of halogens is 1. The van der Waals surface area contributed by atoms with Gasteiger partial charge in [0.25, 0.3) is 5.91 Å². The monoisotopic (exact) mass is 427 g/mol. The number of nitrogens with one attached hydrogen (secondary N) is 2. The van der Waals surface area contributed by atoms with E-state index < -0.39 is 0 Å². The second-order valence-electron chi connectivity index (χ2n) is 6.84. The SMILES string of the molecule is Cn1cc(NC(=O)c2ccc3ccc(N4CC5=CC[C@H]4CN5)nn23)c(Br)n1. The van der Waals surface area contributed by atoms with Crippen molar-refractivity contribution in [2.24, 2.45) is 7.05 Å². The van der Waals surface area contributed by atoms with Crippen molar-refractivity contribution in [3.8, 4) is 0 Å². The zero-order valence-electron chi connectivity index (χ0n) is 14.7. The number of rotatable bonds is 3. The molecule has 27 heavy (non-hydrogen) atoms. The third kappa shape index (κ3) is 2.78. The van der Waals surface area contributed by atoms with E-state index in [1.807, 2.05) is 18.2 Å². The quantitative estimate of drug-likeness (QED) is 0.669. The molecule has 9 heteroatoms. The summed E-state index contributed by atoms with van der Waals surface area (Å²) in [4.78, 5) is 15.1. The fourth-order valence-electron chi connectivity index (χ4n) is 3.66. The van der Waals surface area contributed by atoms with Crippen molar-refractivity contribution in [1.29, 1.82) is 0 Å². The van der Waals surface area contributed by atoms with E-state index in [1.54, 1.807) is 28.5 Å². The summed E-state index contributed by atoms with van der Waals surface area (Å²) in [5.41, 5.74) is 3.24. The van der Waals surface area contributed by atoms with Crippen molar-refractivity contribution in [2.75, 3.05) is 23.3 Å². The summed E-state index contributed by atoms with van der Waals surface area (Å²) in [5.74, 6) is 0.658. The molecule has 3 aliphatic heterocycles. The van der Waals surface area contributed by atoms with E-state index in [-0.39, 0.29) is 5.91 Å². The summed E-state index contributed by atoms with van der Waals surface area (Å²) < 4.78 is 3.94. The van der Waals surface area contributed by atoms with E-state index in [0.29, 0.717) is 22.0 Å². The molecule has 1 saturated heterocycles. The number of carbonyl (C=O) groups excluding carboxylic acids is 1. The first-order chi connectivity index (χ1) is 13.1. The molecular formula is C18H18BrN7O. The first-order valence-electron chi connectivity index (χ1n) is 8.77. The van der Waals surface area contributed by atoms with Crippen LogP contribution in [0.3, 0.4) is 0 Å². The maximum atomic E-state index is 12.8. The molecule has 1 amide bonds. The van der Waals surface area contributed by atoms with Gasteiger partial charge in [-0.25, -0.2) is 4.52 Å². The van der Waals surface area contributed by atoms with Crippen LogP contribution in [0, 0.1) is 0 Å². The second-order valence-corrected chi connectivity index (χ2v) is 7.59. The van der Waals surface area contributed by atoms with Crippen LogP contribution in [-0.4, -0.2) is 44.4 Å². The molecule has 0 aromatic carbocycles. The number of aryl methyl sites for hydroxylation is 1. The summed E-state index contributed by atoms with van der Waals surface area (Å²) >= 11 is 3.35. The summed E-state index contributed by atoms with van der Waals surface area (Å²) in [5, 5.41) is 15.3. The highest BCUT2D eigenvalue weighted by atomic mass is 79.9. The normalized spacial score (nSPS) is 18.5. The Kier molecular flexibility index (Phi) is 3.71. The number of aromatic nitrogens is 4. The fourth-order valence-corrected chi connectivity index (χ4v) is 4.11. The zero-order valence-corrected chi connectivity index (χ0v) is 16.3. The van der Waals surface area contributed by atoms with Gasteiger partial charge in [-0.3, -0.25) is 9.48 Å². The molecular weight excluding hydrogens is 410 g/mol. The molecule has 1 fully saturated rings. The molecule has 0 radical (unpaired) electrons. The largest absolute Gasteiger partial charge is 0.385 e. The lowest BCUT2D eigenvalue weighted by atomic mass is 10.0. The van der Waals surface area contributed by atoms with Gasteiger partial charge in [-0.15, -0.1) is 5.10 Å². The molecule has 0 spiro atoms. The molecule has 0 aliphatic carbocycles. The van der Waals surface area contributed by atoms with E-state index in [2.05, 4.69) is 42.6 Å². The minimum absolute atomic E-state index is 0.224. The number of carbonyl (C=O) groups is 1. The highest BCUT2D eigenvalue weighted by Crippen LogP contribution is 2.26. The van der Waals surface area contributed by atoms with E-state index in [0.717, 1.165) is 30.8 Å². The number of amides is 1. The zero-order chi connectivity index (χ0) is 18.5. The van der Waals surface area contributed by atoms with Crippen LogP contribution in [0.2, 0.25) is 0 Å². The minimum atomic E-state index is -0.224. The van der Waals surface area contributed by atoms with Gasteiger partial charge >= 0.3 is 0 Å². The number of hydrogen-bond acceptors (Lipinski definition) is 5. The Labute approximate surface area is 164 Å². The molecule has 0 saturated carbocycles. The molecule has 6 heterocycles. The van der Waals surface area contributed by atoms with Crippen molar-refractivity contribution < 1.29 is 4.79 Å². The van der Waals surface area contributed by atoms with E-state index in [1.165, 1.54) is 5.70 Å². The van der Waals surface area contributed by atoms with Gasteiger partial charge in [0.1, 0.15) is 11.5 Å². The van der Waals surface area contributed by atoms with E-state index in [9.17, 15) is 4.79 Å². The lowest BCUT2D eigenvalue weighted by Crippen LogP contribution is -2.53. The molecule has 138 valence electrons. The number of nitrogens with zero attached hydrogens (tertiary/aromatic N) is 5. The van der Waals surface area contributed by atoms with Gasteiger partial charge in [0.05, 0.1) is 23.8 Å². The summed E-state index contributed by atoms with van der Waals surface area (Å²) in [6.45, 7) is 1.76. The van der Waals surface area contributed by atoms with Gasteiger partial charge in [-0.2, -0.15) is 5.10 Å². The average Bonchev–Trinajstić information content (AvgIpc) is 3.24. The summed E-state index contributed by atoms with van der Waals surface area (Å²) in [6, 6.07) is 8.11. The van der Waals surface area contributed by atoms with Crippen molar-refractivity contribution >= 4 is 38.9 Å². The molecule has 1 atom stereocenters. The Bertz CT molecular complexity index is 1080. The van der Waals surface area contributed by atoms with Gasteiger partial charge in [-0.05, 0) is 46.6 Å². The number of piperazine rings is 1. The predicted octanol–water partition coefficient (Wildman–Crippen LogP) is 2.15. The van der Waals surface area contributed by atoms with Gasteiger partial charge in [0, 0.05) is 25.5 Å². The molecule has 6 rings (SSSR count). The number of hydrogen-bond donors (Lipinski definition) is 2. The standard InChI is InChI=1S/C18H18BrN7O/c1-24-10-14(17(19)23-24)21-18(27)15-6-4-12-5-7-16(22-26(12)15)25-9-11-2-3-13(25)8-20-11/h2,4-7,10,13,20H,3,8-9H2,1H3,(H,21,27)/t13-/m0/s1. The van der Waals surface area contributed by atoms with Gasteiger partial charge in [0.2, 0.25) is 0 Å². The first-order valence-corrected chi connectivity index (χ1v) is 9.56. The van der Waals surface area contributed by atoms with Crippen LogP contribution in [0.25, 0.3) is 5.52 Å². The van der Waals surface area contributed by atoms with Crippen molar-refractivity contribution in [2.45, 2.75) is 12.5 Å². The molecule has 3 aromatic rings. The lowest BCUT2D eigenvalue weighted by Gasteiger charge is -2.41. The Balaban J connectivity index is 1.47. The van der Waals surface area contributed by atoms with Crippen LogP contribution in [0.5, 0.6) is 0 Å². The molecule has 8 nitrogen and oxygen atoms in total. The van der Waals surface area contributed by atoms with Gasteiger partial charge < -0.3 is 15.5 Å². The van der Waals surface area contributed by atoms with E-state index >= 15 is 0 Å². The third-order valence-electron chi connectivity index (χ3n) is 5.03. The smallest absolute Gasteiger partial charge is 0.274 e. The molecule has 3 aliphatic rings. The Morgan fingerprint density at radius 1 is 1.30 bits per heavy atom. The highest BCUT2D eigenvalue weighted by molar-refractivity contribution is 9.10. The van der Waals surface area contributed by atoms with Crippen LogP contribution < -0.4 is 15.5 Å². The molecule has 2 N–H and O–H groups in total. The van der Waals surface area contributed by atoms with Crippen LogP contribution in [0.4, 0.5) is 11.5 Å². The fraction of sp³-hybridized carbons (Fsp3) is 0.278. The topological polar surface area (TPSA) is 79.5 Å². The lowest BCUT2D eigenvalue weighted by molar-refractivity contribution is 0.102. The Morgan fingerprint density at radius 3 is 2.81 bits per heavy atom. The van der Waals surface area contributed by atoms with Gasteiger partial charge in [0.15, 0.2) is 4.60 Å². The Hall–Kier alpha value is -2.81. The predicted molar refractivity (Wildman–Crippen MR) is 106 cm³/mol. The molecule has 0 unspecified atom stereocenters. The highest BCUT2D eigenvalue weighted by Gasteiger charge is 2.29. The maximum absolute atomic E-state index is 12.8. The number of fused-ring (bicyclic) bond motifs is 4. The van der Waals surface area contributed by atoms with Crippen molar-refractivity contribution in [1.82, 2.24) is 24.7 Å². The Morgan fingerprint density at radius 2 is 2.15 bits per heavy atom. The first kappa shape index (κ1) is 16.4. The van der Waals surface area contributed by atoms with Crippen LogP contribution in [-0.2, 0) is 7.05 Å². The number of anilines is 2. The minimum Gasteiger partial charge on any atom is -0.385 e. The summed E-state index contributed by atoms with van der Waals surface area (Å²) in [6.07, 6.45) is 5.03. The molecule has 2 bridgehead atoms. The van der Waals surface area contributed by atoms with Crippen molar-refractivity contribution in [3.63, 3.8) is 0 Å². The van der Waals surface area contributed by atoms with Gasteiger partial charge in [-0.1, -0.05) is 6.08 Å². The van der Waals surface area contributed by atoms with Crippen LogP contribution in [0.1, 0.15) is 16.9 Å². The average molecular weight is 428 g/mol. The molecule has 3 aromatic heterocycles. The maximum Gasteiger partial charge on any atom is 0.274 e. The van der Waals surface area contributed by atoms with Crippen LogP contribution in [0.15, 0.2) is 46.8 Å². The van der Waals surface area contributed by atoms with Crippen LogP contribution >= 0.6 is 15.9 Å². The third-order valence-corrected chi connectivity index (χ3v) is 5.62.